The fraction of sp³-hybridized carbons (Fsp3) is 0.750. The van der Waals surface area contributed by atoms with Crippen LogP contribution in [0.2, 0.25) is 5.28 Å². The largest absolute Gasteiger partial charge is 0.464 e. The molecule has 2 atom stereocenters. The number of halogens is 1. The maximum Gasteiger partial charge on any atom is 0.322 e. The molecule has 1 heterocycles. The molecule has 0 radical (unpaired) electrons. The molecule has 0 spiro atoms. The number of hydrogen-bond donors (Lipinski definition) is 2. The van der Waals surface area contributed by atoms with Crippen molar-refractivity contribution in [2.45, 2.75) is 26.2 Å². The first-order valence-electron chi connectivity index (χ1n) is 6.62. The molecule has 2 rings (SSSR count). The van der Waals surface area contributed by atoms with Gasteiger partial charge in [0.25, 0.3) is 0 Å². The van der Waals surface area contributed by atoms with Crippen LogP contribution >= 0.6 is 11.6 Å². The average Bonchev–Trinajstić information content (AvgIpc) is 2.83. The lowest BCUT2D eigenvalue weighted by Gasteiger charge is -2.17. The molecule has 0 bridgehead atoms. The van der Waals surface area contributed by atoms with Gasteiger partial charge in [0.15, 0.2) is 0 Å². The summed E-state index contributed by atoms with van der Waals surface area (Å²) in [5.41, 5.74) is 0. The number of rotatable bonds is 6. The molecule has 2 N–H and O–H groups in total. The van der Waals surface area contributed by atoms with E-state index in [0.29, 0.717) is 24.4 Å². The van der Waals surface area contributed by atoms with Gasteiger partial charge in [0.05, 0.1) is 6.61 Å². The van der Waals surface area contributed by atoms with Crippen LogP contribution in [-0.4, -0.2) is 39.8 Å². The minimum Gasteiger partial charge on any atom is -0.464 e. The molecule has 0 aliphatic heterocycles. The van der Waals surface area contributed by atoms with Crippen molar-refractivity contribution in [3.05, 3.63) is 5.28 Å². The molecule has 6 nitrogen and oxygen atoms in total. The number of nitrogens with one attached hydrogen (secondary N) is 1. The first-order chi connectivity index (χ1) is 9.22. The summed E-state index contributed by atoms with van der Waals surface area (Å²) in [6.45, 7) is 3.32. The highest BCUT2D eigenvalue weighted by molar-refractivity contribution is 6.28. The van der Waals surface area contributed by atoms with E-state index in [2.05, 4.69) is 20.3 Å². The second-order valence-electron chi connectivity index (χ2n) is 4.66. The molecule has 2 unspecified atom stereocenters. The minimum absolute atomic E-state index is 0.117. The van der Waals surface area contributed by atoms with Crippen LogP contribution in [0.5, 0.6) is 6.01 Å². The third-order valence-corrected chi connectivity index (χ3v) is 3.60. The highest BCUT2D eigenvalue weighted by atomic mass is 35.5. The van der Waals surface area contributed by atoms with Gasteiger partial charge >= 0.3 is 6.01 Å². The van der Waals surface area contributed by atoms with E-state index >= 15 is 0 Å². The minimum atomic E-state index is 0.117. The van der Waals surface area contributed by atoms with Crippen LogP contribution in [0.3, 0.4) is 0 Å². The molecular formula is C12H19ClN4O2. The van der Waals surface area contributed by atoms with Crippen LogP contribution in [0.4, 0.5) is 5.95 Å². The van der Waals surface area contributed by atoms with E-state index in [4.69, 9.17) is 16.3 Å². The molecular weight excluding hydrogens is 268 g/mol. The Hall–Kier alpha value is -1.14. The molecule has 19 heavy (non-hydrogen) atoms. The molecule has 1 saturated carbocycles. The van der Waals surface area contributed by atoms with E-state index in [-0.39, 0.29) is 17.9 Å². The zero-order valence-corrected chi connectivity index (χ0v) is 11.7. The Balaban J connectivity index is 1.95. The van der Waals surface area contributed by atoms with Gasteiger partial charge in [0.2, 0.25) is 11.2 Å². The highest BCUT2D eigenvalue weighted by Gasteiger charge is 2.26. The Labute approximate surface area is 117 Å². The summed E-state index contributed by atoms with van der Waals surface area (Å²) in [6, 6.07) is 0.232. The van der Waals surface area contributed by atoms with Crippen molar-refractivity contribution >= 4 is 17.5 Å². The third-order valence-electron chi connectivity index (χ3n) is 3.43. The van der Waals surface area contributed by atoms with Crippen molar-refractivity contribution in [3.8, 4) is 6.01 Å². The van der Waals surface area contributed by atoms with Crippen LogP contribution in [0.1, 0.15) is 26.2 Å². The van der Waals surface area contributed by atoms with Gasteiger partial charge in [0, 0.05) is 13.2 Å². The van der Waals surface area contributed by atoms with Crippen molar-refractivity contribution in [2.24, 2.45) is 11.8 Å². The van der Waals surface area contributed by atoms with Gasteiger partial charge < -0.3 is 15.2 Å². The number of aromatic nitrogens is 3. The van der Waals surface area contributed by atoms with Crippen molar-refractivity contribution in [2.75, 3.05) is 25.1 Å². The van der Waals surface area contributed by atoms with E-state index in [0.717, 1.165) is 19.4 Å². The van der Waals surface area contributed by atoms with Crippen LogP contribution < -0.4 is 10.1 Å². The number of anilines is 1. The molecule has 1 aromatic heterocycles. The summed E-state index contributed by atoms with van der Waals surface area (Å²) in [6.07, 6.45) is 3.38. The van der Waals surface area contributed by atoms with Crippen molar-refractivity contribution in [1.29, 1.82) is 0 Å². The lowest BCUT2D eigenvalue weighted by molar-refractivity contribution is 0.198. The smallest absolute Gasteiger partial charge is 0.322 e. The molecule has 106 valence electrons. The van der Waals surface area contributed by atoms with Crippen LogP contribution in [0.15, 0.2) is 0 Å². The Morgan fingerprint density at radius 1 is 1.32 bits per heavy atom. The summed E-state index contributed by atoms with van der Waals surface area (Å²) < 4.78 is 5.21. The predicted octanol–water partition coefficient (Wildman–Crippen LogP) is 1.74. The van der Waals surface area contributed by atoms with Gasteiger partial charge in [-0.3, -0.25) is 0 Å². The number of nitrogens with zero attached hydrogens (tertiary/aromatic N) is 3. The molecule has 0 saturated heterocycles. The molecule has 1 aromatic rings. The second kappa shape index (κ2) is 6.86. The van der Waals surface area contributed by atoms with Crippen molar-refractivity contribution in [1.82, 2.24) is 15.0 Å². The average molecular weight is 287 g/mol. The summed E-state index contributed by atoms with van der Waals surface area (Å²) >= 11 is 5.81. The van der Waals surface area contributed by atoms with E-state index in [1.54, 1.807) is 0 Å². The molecule has 0 amide bonds. The van der Waals surface area contributed by atoms with E-state index < -0.39 is 0 Å². The van der Waals surface area contributed by atoms with E-state index in [1.807, 2.05) is 6.92 Å². The van der Waals surface area contributed by atoms with Crippen molar-refractivity contribution in [3.63, 3.8) is 0 Å². The Morgan fingerprint density at radius 2 is 2.11 bits per heavy atom. The summed E-state index contributed by atoms with van der Waals surface area (Å²) in [5, 5.41) is 12.6. The third kappa shape index (κ3) is 3.91. The zero-order chi connectivity index (χ0) is 13.7. The zero-order valence-electron chi connectivity index (χ0n) is 11.0. The van der Waals surface area contributed by atoms with Crippen LogP contribution in [0, 0.1) is 11.8 Å². The summed E-state index contributed by atoms with van der Waals surface area (Å²) in [4.78, 5) is 12.0. The van der Waals surface area contributed by atoms with Crippen molar-refractivity contribution < 1.29 is 9.84 Å². The maximum atomic E-state index is 9.28. The first-order valence-corrected chi connectivity index (χ1v) is 6.99. The Morgan fingerprint density at radius 3 is 2.84 bits per heavy atom. The van der Waals surface area contributed by atoms with E-state index in [9.17, 15) is 5.11 Å². The van der Waals surface area contributed by atoms with Gasteiger partial charge in [-0.1, -0.05) is 6.42 Å². The van der Waals surface area contributed by atoms with Gasteiger partial charge in [0.1, 0.15) is 0 Å². The lowest BCUT2D eigenvalue weighted by atomic mass is 9.97. The monoisotopic (exact) mass is 286 g/mol. The number of hydrogen-bond acceptors (Lipinski definition) is 6. The standard InChI is InChI=1S/C12H19ClN4O2/c1-2-19-12-16-10(13)15-11(17-12)14-6-8-4-3-5-9(8)7-18/h8-9,18H,2-7H2,1H3,(H,14,15,16,17). The molecule has 1 aliphatic rings. The fourth-order valence-electron chi connectivity index (χ4n) is 2.45. The normalized spacial score (nSPS) is 22.5. The molecule has 1 aliphatic carbocycles. The lowest BCUT2D eigenvalue weighted by Crippen LogP contribution is -2.21. The second-order valence-corrected chi connectivity index (χ2v) is 5.00. The summed E-state index contributed by atoms with van der Waals surface area (Å²) in [7, 11) is 0. The van der Waals surface area contributed by atoms with Crippen LogP contribution in [0.25, 0.3) is 0 Å². The topological polar surface area (TPSA) is 80.2 Å². The van der Waals surface area contributed by atoms with Gasteiger partial charge in [-0.2, -0.15) is 15.0 Å². The quantitative estimate of drug-likeness (QED) is 0.829. The van der Waals surface area contributed by atoms with Gasteiger partial charge in [-0.15, -0.1) is 0 Å². The van der Waals surface area contributed by atoms with Crippen LogP contribution in [-0.2, 0) is 0 Å². The fourth-order valence-corrected chi connectivity index (χ4v) is 2.60. The Kier molecular flexibility index (Phi) is 5.15. The number of ether oxygens (including phenoxy) is 1. The van der Waals surface area contributed by atoms with Gasteiger partial charge in [-0.25, -0.2) is 0 Å². The predicted molar refractivity (Wildman–Crippen MR) is 72.4 cm³/mol. The maximum absolute atomic E-state index is 9.28. The molecule has 7 heteroatoms. The number of aliphatic hydroxyl groups excluding tert-OH is 1. The molecule has 0 aromatic carbocycles. The van der Waals surface area contributed by atoms with Gasteiger partial charge in [-0.05, 0) is 43.2 Å². The SMILES string of the molecule is CCOc1nc(Cl)nc(NCC2CCCC2CO)n1. The highest BCUT2D eigenvalue weighted by Crippen LogP contribution is 2.31. The summed E-state index contributed by atoms with van der Waals surface area (Å²) in [5.74, 6) is 1.25. The first kappa shape index (κ1) is 14.3. The molecule has 1 fully saturated rings. The Bertz CT molecular complexity index is 419. The number of aliphatic hydroxyl groups is 1. The van der Waals surface area contributed by atoms with E-state index in [1.165, 1.54) is 6.42 Å².